The standard InChI is InChI=1S/C17H21N5O2.2ClH/c23-17(14-11-18-8-10-24-14)19-13-6-4-12(5-7-13)16-21-20-15-3-1-2-9-22(15)16;;/h4-7,14,18H,1-3,8-11H2,(H,19,23);2*1H. The van der Waals surface area contributed by atoms with E-state index in [1.54, 1.807) is 0 Å². The van der Waals surface area contributed by atoms with E-state index in [-0.39, 0.29) is 30.7 Å². The number of aryl methyl sites for hydroxylation is 1. The first kappa shape index (κ1) is 20.6. The first-order valence-electron chi connectivity index (χ1n) is 8.47. The van der Waals surface area contributed by atoms with Crippen LogP contribution in [0.25, 0.3) is 11.4 Å². The van der Waals surface area contributed by atoms with Crippen LogP contribution in [-0.2, 0) is 22.5 Å². The van der Waals surface area contributed by atoms with Crippen molar-refractivity contribution in [3.8, 4) is 11.4 Å². The normalized spacial score (nSPS) is 18.8. The Morgan fingerprint density at radius 3 is 2.73 bits per heavy atom. The number of carbonyl (C=O) groups excluding carboxylic acids is 1. The highest BCUT2D eigenvalue weighted by Gasteiger charge is 2.22. The summed E-state index contributed by atoms with van der Waals surface area (Å²) in [4.78, 5) is 12.2. The number of ether oxygens (including phenoxy) is 1. The van der Waals surface area contributed by atoms with Crippen LogP contribution in [0.1, 0.15) is 18.7 Å². The van der Waals surface area contributed by atoms with E-state index in [0.717, 1.165) is 42.4 Å². The molecule has 0 radical (unpaired) electrons. The van der Waals surface area contributed by atoms with Gasteiger partial charge in [0.25, 0.3) is 5.91 Å². The van der Waals surface area contributed by atoms with Gasteiger partial charge in [0.05, 0.1) is 6.61 Å². The molecule has 9 heteroatoms. The van der Waals surface area contributed by atoms with Crippen molar-refractivity contribution < 1.29 is 9.53 Å². The van der Waals surface area contributed by atoms with Gasteiger partial charge in [-0.15, -0.1) is 35.0 Å². The molecule has 142 valence electrons. The maximum atomic E-state index is 12.2. The van der Waals surface area contributed by atoms with Crippen LogP contribution >= 0.6 is 24.8 Å². The molecule has 1 aromatic carbocycles. The second kappa shape index (κ2) is 9.32. The van der Waals surface area contributed by atoms with E-state index in [1.165, 1.54) is 12.8 Å². The Labute approximate surface area is 164 Å². The minimum atomic E-state index is -0.429. The number of benzene rings is 1. The zero-order valence-corrected chi connectivity index (χ0v) is 15.9. The van der Waals surface area contributed by atoms with Crippen LogP contribution in [0.3, 0.4) is 0 Å². The molecule has 1 amide bonds. The number of morpholine rings is 1. The molecule has 2 N–H and O–H groups in total. The Hall–Kier alpha value is -1.67. The maximum absolute atomic E-state index is 12.2. The van der Waals surface area contributed by atoms with Crippen molar-refractivity contribution in [3.05, 3.63) is 30.1 Å². The lowest BCUT2D eigenvalue weighted by Crippen LogP contribution is -2.45. The van der Waals surface area contributed by atoms with Crippen LogP contribution in [0.2, 0.25) is 0 Å². The number of nitrogens with zero attached hydrogens (tertiary/aromatic N) is 3. The molecule has 0 bridgehead atoms. The van der Waals surface area contributed by atoms with Gasteiger partial charge in [-0.1, -0.05) is 0 Å². The zero-order valence-electron chi connectivity index (χ0n) is 14.3. The highest BCUT2D eigenvalue weighted by Crippen LogP contribution is 2.24. The molecule has 26 heavy (non-hydrogen) atoms. The third-order valence-electron chi connectivity index (χ3n) is 4.49. The van der Waals surface area contributed by atoms with Gasteiger partial charge in [0.15, 0.2) is 5.82 Å². The first-order valence-corrected chi connectivity index (χ1v) is 8.47. The summed E-state index contributed by atoms with van der Waals surface area (Å²) in [5, 5.41) is 14.7. The van der Waals surface area contributed by atoms with E-state index in [9.17, 15) is 4.79 Å². The highest BCUT2D eigenvalue weighted by atomic mass is 35.5. The number of rotatable bonds is 3. The molecule has 4 rings (SSSR count). The van der Waals surface area contributed by atoms with Gasteiger partial charge < -0.3 is 19.9 Å². The number of hydrogen-bond acceptors (Lipinski definition) is 5. The van der Waals surface area contributed by atoms with Gasteiger partial charge in [-0.05, 0) is 37.1 Å². The fourth-order valence-electron chi connectivity index (χ4n) is 3.18. The Balaban J connectivity index is 0.00000121. The molecule has 2 aromatic rings. The van der Waals surface area contributed by atoms with E-state index in [4.69, 9.17) is 4.74 Å². The Morgan fingerprint density at radius 1 is 1.19 bits per heavy atom. The highest BCUT2D eigenvalue weighted by molar-refractivity contribution is 5.94. The molecule has 1 fully saturated rings. The summed E-state index contributed by atoms with van der Waals surface area (Å²) >= 11 is 0. The summed E-state index contributed by atoms with van der Waals surface area (Å²) < 4.78 is 7.65. The van der Waals surface area contributed by atoms with Gasteiger partial charge in [0.2, 0.25) is 0 Å². The second-order valence-corrected chi connectivity index (χ2v) is 6.18. The van der Waals surface area contributed by atoms with Gasteiger partial charge in [-0.2, -0.15) is 0 Å². The molecular formula is C17H23Cl2N5O2. The van der Waals surface area contributed by atoms with Crippen LogP contribution in [0.15, 0.2) is 24.3 Å². The van der Waals surface area contributed by atoms with Gasteiger partial charge in [0.1, 0.15) is 11.9 Å². The third-order valence-corrected chi connectivity index (χ3v) is 4.49. The van der Waals surface area contributed by atoms with Crippen molar-refractivity contribution in [2.75, 3.05) is 25.0 Å². The molecule has 0 aliphatic carbocycles. The minimum Gasteiger partial charge on any atom is -0.366 e. The van der Waals surface area contributed by atoms with Crippen molar-refractivity contribution in [1.82, 2.24) is 20.1 Å². The Kier molecular flexibility index (Phi) is 7.40. The van der Waals surface area contributed by atoms with Crippen LogP contribution in [0, 0.1) is 0 Å². The molecule has 1 unspecified atom stereocenters. The van der Waals surface area contributed by atoms with Gasteiger partial charge >= 0.3 is 0 Å². The quantitative estimate of drug-likeness (QED) is 0.825. The number of fused-ring (bicyclic) bond motifs is 1. The summed E-state index contributed by atoms with van der Waals surface area (Å²) in [6, 6.07) is 7.74. The molecule has 7 nitrogen and oxygen atoms in total. The predicted octanol–water partition coefficient (Wildman–Crippen LogP) is 2.05. The lowest BCUT2D eigenvalue weighted by Gasteiger charge is -2.22. The van der Waals surface area contributed by atoms with Crippen LogP contribution in [-0.4, -0.2) is 46.5 Å². The molecule has 3 heterocycles. The van der Waals surface area contributed by atoms with Crippen LogP contribution < -0.4 is 10.6 Å². The lowest BCUT2D eigenvalue weighted by atomic mass is 10.1. The van der Waals surface area contributed by atoms with Crippen LogP contribution in [0.5, 0.6) is 0 Å². The lowest BCUT2D eigenvalue weighted by molar-refractivity contribution is -0.128. The monoisotopic (exact) mass is 399 g/mol. The minimum absolute atomic E-state index is 0. The van der Waals surface area contributed by atoms with Gasteiger partial charge in [-0.25, -0.2) is 0 Å². The molecule has 1 saturated heterocycles. The van der Waals surface area contributed by atoms with Crippen molar-refractivity contribution in [2.24, 2.45) is 0 Å². The van der Waals surface area contributed by atoms with E-state index < -0.39 is 6.10 Å². The smallest absolute Gasteiger partial charge is 0.254 e. The van der Waals surface area contributed by atoms with E-state index in [2.05, 4.69) is 25.4 Å². The number of halogens is 2. The fraction of sp³-hybridized carbons (Fsp3) is 0.471. The predicted molar refractivity (Wildman–Crippen MR) is 104 cm³/mol. The number of carbonyl (C=O) groups is 1. The molecular weight excluding hydrogens is 377 g/mol. The Morgan fingerprint density at radius 2 is 2.00 bits per heavy atom. The number of aromatic nitrogens is 3. The summed E-state index contributed by atoms with van der Waals surface area (Å²) in [6.07, 6.45) is 2.92. The topological polar surface area (TPSA) is 81.1 Å². The number of hydrogen-bond donors (Lipinski definition) is 2. The first-order chi connectivity index (χ1) is 11.8. The molecule has 1 atom stereocenters. The van der Waals surface area contributed by atoms with Crippen molar-refractivity contribution in [2.45, 2.75) is 31.9 Å². The summed E-state index contributed by atoms with van der Waals surface area (Å²) in [5.74, 6) is 1.85. The van der Waals surface area contributed by atoms with Crippen molar-refractivity contribution >= 4 is 36.4 Å². The number of anilines is 1. The fourth-order valence-corrected chi connectivity index (χ4v) is 3.18. The van der Waals surface area contributed by atoms with Crippen LogP contribution in [0.4, 0.5) is 5.69 Å². The van der Waals surface area contributed by atoms with Gasteiger partial charge in [0, 0.05) is 37.3 Å². The molecule has 0 spiro atoms. The summed E-state index contributed by atoms with van der Waals surface area (Å²) in [5.41, 5.74) is 1.78. The average Bonchev–Trinajstić information content (AvgIpc) is 3.07. The second-order valence-electron chi connectivity index (χ2n) is 6.18. The summed E-state index contributed by atoms with van der Waals surface area (Å²) in [6.45, 7) is 2.88. The van der Waals surface area contributed by atoms with E-state index >= 15 is 0 Å². The summed E-state index contributed by atoms with van der Waals surface area (Å²) in [7, 11) is 0. The average molecular weight is 400 g/mol. The molecule has 2 aliphatic heterocycles. The maximum Gasteiger partial charge on any atom is 0.254 e. The van der Waals surface area contributed by atoms with E-state index in [1.807, 2.05) is 24.3 Å². The van der Waals surface area contributed by atoms with Gasteiger partial charge in [-0.3, -0.25) is 4.79 Å². The molecule has 0 saturated carbocycles. The third kappa shape index (κ3) is 4.35. The van der Waals surface area contributed by atoms with Crippen molar-refractivity contribution in [3.63, 3.8) is 0 Å². The van der Waals surface area contributed by atoms with E-state index in [0.29, 0.717) is 13.2 Å². The number of nitrogens with one attached hydrogen (secondary N) is 2. The Bertz CT molecular complexity index is 729. The molecule has 1 aromatic heterocycles. The SMILES string of the molecule is Cl.Cl.O=C(Nc1ccc(-c2nnc3n2CCCC3)cc1)C1CNCCO1. The zero-order chi connectivity index (χ0) is 16.4. The largest absolute Gasteiger partial charge is 0.366 e. The number of amides is 1. The van der Waals surface area contributed by atoms with Crippen molar-refractivity contribution in [1.29, 1.82) is 0 Å². The molecule has 2 aliphatic rings.